The standard InChI is InChI=1S/C14H10ClFN6O3/c15-10-2-1-3-11(16)9(10)7-21-6-8(4-18-21)19-14(23)13-12(22(24)25)5-17-20-13/h1-6H,7H2,(H,17,20)(H,19,23). The average molecular weight is 365 g/mol. The maximum Gasteiger partial charge on any atom is 0.319 e. The summed E-state index contributed by atoms with van der Waals surface area (Å²) in [5, 5.41) is 23.3. The van der Waals surface area contributed by atoms with Gasteiger partial charge in [0.15, 0.2) is 0 Å². The Morgan fingerprint density at radius 2 is 2.24 bits per heavy atom. The summed E-state index contributed by atoms with van der Waals surface area (Å²) in [5.74, 6) is -1.21. The molecular weight excluding hydrogens is 355 g/mol. The molecule has 0 saturated heterocycles. The zero-order valence-electron chi connectivity index (χ0n) is 12.4. The molecule has 0 atom stereocenters. The Bertz CT molecular complexity index is 933. The van der Waals surface area contributed by atoms with Crippen molar-refractivity contribution in [1.82, 2.24) is 20.0 Å². The number of hydrogen-bond acceptors (Lipinski definition) is 5. The maximum absolute atomic E-state index is 13.8. The van der Waals surface area contributed by atoms with Gasteiger partial charge in [0.05, 0.1) is 23.4 Å². The van der Waals surface area contributed by atoms with Gasteiger partial charge in [-0.15, -0.1) is 0 Å². The van der Waals surface area contributed by atoms with Crippen LogP contribution in [0.15, 0.2) is 36.8 Å². The number of nitro groups is 1. The molecule has 0 aliphatic heterocycles. The largest absolute Gasteiger partial charge is 0.319 e. The van der Waals surface area contributed by atoms with Gasteiger partial charge in [0, 0.05) is 16.8 Å². The topological polar surface area (TPSA) is 119 Å². The number of rotatable bonds is 5. The molecule has 0 radical (unpaired) electrons. The van der Waals surface area contributed by atoms with E-state index in [0.717, 1.165) is 6.20 Å². The van der Waals surface area contributed by atoms with E-state index in [4.69, 9.17) is 11.6 Å². The summed E-state index contributed by atoms with van der Waals surface area (Å²) in [7, 11) is 0. The van der Waals surface area contributed by atoms with Gasteiger partial charge in [0.25, 0.3) is 5.91 Å². The summed E-state index contributed by atoms with van der Waals surface area (Å²) in [6.45, 7) is 0.0611. The molecule has 0 saturated carbocycles. The maximum atomic E-state index is 13.8. The number of H-pyrrole nitrogens is 1. The first-order valence-electron chi connectivity index (χ1n) is 6.90. The van der Waals surface area contributed by atoms with Crippen molar-refractivity contribution in [3.8, 4) is 0 Å². The second-order valence-corrected chi connectivity index (χ2v) is 5.38. The van der Waals surface area contributed by atoms with Crippen molar-refractivity contribution in [3.05, 3.63) is 69.0 Å². The van der Waals surface area contributed by atoms with Gasteiger partial charge in [-0.2, -0.15) is 10.2 Å². The molecule has 0 fully saturated rings. The van der Waals surface area contributed by atoms with Crippen molar-refractivity contribution in [1.29, 1.82) is 0 Å². The van der Waals surface area contributed by atoms with E-state index in [2.05, 4.69) is 20.6 Å². The van der Waals surface area contributed by atoms with E-state index in [9.17, 15) is 19.3 Å². The lowest BCUT2D eigenvalue weighted by atomic mass is 10.2. The highest BCUT2D eigenvalue weighted by molar-refractivity contribution is 6.31. The second kappa shape index (κ2) is 6.69. The number of aromatic nitrogens is 4. The molecule has 1 amide bonds. The van der Waals surface area contributed by atoms with Crippen LogP contribution in [-0.2, 0) is 6.54 Å². The molecule has 0 aliphatic rings. The summed E-state index contributed by atoms with van der Waals surface area (Å²) in [6, 6.07) is 4.33. The third-order valence-corrected chi connectivity index (χ3v) is 3.67. The first-order valence-corrected chi connectivity index (χ1v) is 7.28. The molecule has 2 heterocycles. The zero-order valence-corrected chi connectivity index (χ0v) is 13.2. The molecule has 0 bridgehead atoms. The van der Waals surface area contributed by atoms with E-state index in [0.29, 0.717) is 0 Å². The van der Waals surface area contributed by atoms with Crippen molar-refractivity contribution in [3.63, 3.8) is 0 Å². The highest BCUT2D eigenvalue weighted by Crippen LogP contribution is 2.21. The van der Waals surface area contributed by atoms with Crippen LogP contribution in [0.2, 0.25) is 5.02 Å². The number of anilines is 1. The van der Waals surface area contributed by atoms with Gasteiger partial charge in [-0.05, 0) is 12.1 Å². The number of aromatic amines is 1. The summed E-state index contributed by atoms with van der Waals surface area (Å²) in [5.41, 5.74) is -0.186. The molecule has 0 spiro atoms. The summed E-state index contributed by atoms with van der Waals surface area (Å²) < 4.78 is 15.2. The molecule has 9 nitrogen and oxygen atoms in total. The molecule has 25 heavy (non-hydrogen) atoms. The van der Waals surface area contributed by atoms with Crippen LogP contribution < -0.4 is 5.32 Å². The first kappa shape index (κ1) is 16.6. The fourth-order valence-electron chi connectivity index (χ4n) is 2.14. The van der Waals surface area contributed by atoms with Gasteiger partial charge in [0.1, 0.15) is 12.0 Å². The summed E-state index contributed by atoms with van der Waals surface area (Å²) in [6.07, 6.45) is 3.72. The lowest BCUT2D eigenvalue weighted by molar-refractivity contribution is -0.385. The minimum atomic E-state index is -0.743. The number of carbonyl (C=O) groups is 1. The van der Waals surface area contributed by atoms with Gasteiger partial charge < -0.3 is 5.32 Å². The smallest absolute Gasteiger partial charge is 0.318 e. The molecule has 0 aliphatic carbocycles. The lowest BCUT2D eigenvalue weighted by Crippen LogP contribution is -2.13. The van der Waals surface area contributed by atoms with Crippen LogP contribution >= 0.6 is 11.6 Å². The number of amides is 1. The van der Waals surface area contributed by atoms with Crippen LogP contribution in [0, 0.1) is 15.9 Å². The molecule has 0 unspecified atom stereocenters. The fourth-order valence-corrected chi connectivity index (χ4v) is 2.36. The van der Waals surface area contributed by atoms with Crippen molar-refractivity contribution < 1.29 is 14.1 Å². The number of carbonyl (C=O) groups excluding carboxylic acids is 1. The number of nitrogens with zero attached hydrogens (tertiary/aromatic N) is 4. The van der Waals surface area contributed by atoms with Gasteiger partial charge in [-0.3, -0.25) is 24.7 Å². The van der Waals surface area contributed by atoms with Crippen LogP contribution in [0.25, 0.3) is 0 Å². The van der Waals surface area contributed by atoms with Crippen LogP contribution in [0.3, 0.4) is 0 Å². The number of benzene rings is 1. The highest BCUT2D eigenvalue weighted by atomic mass is 35.5. The van der Waals surface area contributed by atoms with Crippen molar-refractivity contribution in [2.24, 2.45) is 0 Å². The Hall–Kier alpha value is -3.27. The van der Waals surface area contributed by atoms with E-state index in [1.807, 2.05) is 0 Å². The van der Waals surface area contributed by atoms with Gasteiger partial charge in [0.2, 0.25) is 5.69 Å². The molecule has 1 aromatic carbocycles. The molecule has 2 aromatic heterocycles. The van der Waals surface area contributed by atoms with Crippen LogP contribution in [0.5, 0.6) is 0 Å². The van der Waals surface area contributed by atoms with Crippen LogP contribution in [-0.4, -0.2) is 30.8 Å². The third kappa shape index (κ3) is 3.48. The van der Waals surface area contributed by atoms with E-state index in [-0.39, 0.29) is 28.5 Å². The van der Waals surface area contributed by atoms with E-state index < -0.39 is 22.3 Å². The monoisotopic (exact) mass is 364 g/mol. The Morgan fingerprint density at radius 1 is 1.44 bits per heavy atom. The summed E-state index contributed by atoms with van der Waals surface area (Å²) >= 11 is 5.96. The minimum absolute atomic E-state index is 0.0611. The van der Waals surface area contributed by atoms with E-state index >= 15 is 0 Å². The fraction of sp³-hybridized carbons (Fsp3) is 0.0714. The second-order valence-electron chi connectivity index (χ2n) is 4.97. The van der Waals surface area contributed by atoms with Gasteiger partial charge >= 0.3 is 5.69 Å². The van der Waals surface area contributed by atoms with Crippen molar-refractivity contribution in [2.75, 3.05) is 5.32 Å². The van der Waals surface area contributed by atoms with Crippen LogP contribution in [0.1, 0.15) is 16.1 Å². The molecule has 2 N–H and O–H groups in total. The quantitative estimate of drug-likeness (QED) is 0.532. The number of nitrogens with one attached hydrogen (secondary N) is 2. The van der Waals surface area contributed by atoms with Gasteiger partial charge in [-0.1, -0.05) is 17.7 Å². The Balaban J connectivity index is 1.75. The normalized spacial score (nSPS) is 10.6. The summed E-state index contributed by atoms with van der Waals surface area (Å²) in [4.78, 5) is 22.2. The SMILES string of the molecule is O=C(Nc1cnn(Cc2c(F)cccc2Cl)c1)c1[nH]ncc1[N+](=O)[O-]. The molecule has 3 rings (SSSR count). The van der Waals surface area contributed by atoms with E-state index in [1.165, 1.54) is 29.2 Å². The predicted molar refractivity (Wildman–Crippen MR) is 85.9 cm³/mol. The molecule has 3 aromatic rings. The van der Waals surface area contributed by atoms with Crippen molar-refractivity contribution >= 4 is 28.9 Å². The Morgan fingerprint density at radius 3 is 2.96 bits per heavy atom. The molecular formula is C14H10ClFN6O3. The first-order chi connectivity index (χ1) is 12.0. The van der Waals surface area contributed by atoms with Gasteiger partial charge in [-0.25, -0.2) is 4.39 Å². The average Bonchev–Trinajstić information content (AvgIpc) is 3.20. The minimum Gasteiger partial charge on any atom is -0.318 e. The van der Waals surface area contributed by atoms with Crippen molar-refractivity contribution in [2.45, 2.75) is 6.54 Å². The highest BCUT2D eigenvalue weighted by Gasteiger charge is 2.23. The molecule has 11 heteroatoms. The zero-order chi connectivity index (χ0) is 18.0. The number of halogens is 2. The lowest BCUT2D eigenvalue weighted by Gasteiger charge is -2.05. The predicted octanol–water partition coefficient (Wildman–Crippen LogP) is 2.61. The van der Waals surface area contributed by atoms with E-state index in [1.54, 1.807) is 6.07 Å². The molecule has 128 valence electrons. The Labute approximate surface area is 144 Å². The Kier molecular flexibility index (Phi) is 4.44. The third-order valence-electron chi connectivity index (χ3n) is 3.32. The number of hydrogen-bond donors (Lipinski definition) is 2. The van der Waals surface area contributed by atoms with Crippen LogP contribution in [0.4, 0.5) is 15.8 Å².